The fourth-order valence-corrected chi connectivity index (χ4v) is 2.58. The van der Waals surface area contributed by atoms with Gasteiger partial charge in [0.2, 0.25) is 0 Å². The Labute approximate surface area is 127 Å². The van der Waals surface area contributed by atoms with Crippen LogP contribution >= 0.6 is 22.9 Å². The largest absolute Gasteiger partial charge is 0.329 e. The Morgan fingerprint density at radius 3 is 2.67 bits per heavy atom. The normalized spacial score (nSPS) is 10.7. The minimum Gasteiger partial charge on any atom is -0.329 e. The van der Waals surface area contributed by atoms with Crippen LogP contribution in [0.3, 0.4) is 0 Å². The molecule has 2 aromatic rings. The second kappa shape index (κ2) is 6.33. The predicted molar refractivity (Wildman–Crippen MR) is 77.0 cm³/mol. The minimum absolute atomic E-state index is 0.0366. The Hall–Kier alpha value is -1.77. The lowest BCUT2D eigenvalue weighted by Gasteiger charge is -2.08. The van der Waals surface area contributed by atoms with E-state index in [1.807, 2.05) is 0 Å². The molecular weight excluding hydrogens is 324 g/mol. The summed E-state index contributed by atoms with van der Waals surface area (Å²) in [5, 5.41) is 2.37. The molecule has 1 amide bonds. The number of pyridine rings is 1. The fourth-order valence-electron chi connectivity index (χ4n) is 1.62. The van der Waals surface area contributed by atoms with Crippen LogP contribution in [0.1, 0.15) is 9.67 Å². The molecule has 0 fully saturated rings. The van der Waals surface area contributed by atoms with Gasteiger partial charge in [0.1, 0.15) is 4.34 Å². The van der Waals surface area contributed by atoms with Gasteiger partial charge in [-0.1, -0.05) is 11.6 Å². The summed E-state index contributed by atoms with van der Waals surface area (Å²) < 4.78 is 27.5. The third-order valence-electron chi connectivity index (χ3n) is 2.54. The topological polar surface area (TPSA) is 77.1 Å². The molecule has 0 saturated heterocycles. The number of carbonyl (C=O) groups is 1. The van der Waals surface area contributed by atoms with Gasteiger partial charge in [-0.15, -0.1) is 11.3 Å². The minimum atomic E-state index is -1.02. The molecule has 3 N–H and O–H groups in total. The van der Waals surface area contributed by atoms with Gasteiger partial charge in [0, 0.05) is 25.4 Å². The molecule has 0 bridgehead atoms. The highest BCUT2D eigenvalue weighted by molar-refractivity contribution is 7.18. The summed E-state index contributed by atoms with van der Waals surface area (Å²) >= 11 is 6.29. The lowest BCUT2D eigenvalue weighted by atomic mass is 10.3. The maximum absolute atomic E-state index is 13.5. The number of nitrogens with one attached hydrogen (secondary N) is 1. The first-order valence-electron chi connectivity index (χ1n) is 5.78. The first-order chi connectivity index (χ1) is 9.92. The average molecular weight is 334 g/mol. The van der Waals surface area contributed by atoms with Gasteiger partial charge < -0.3 is 15.6 Å². The van der Waals surface area contributed by atoms with Gasteiger partial charge in [0.25, 0.3) is 11.5 Å². The zero-order valence-electron chi connectivity index (χ0n) is 10.5. The van der Waals surface area contributed by atoms with E-state index in [1.54, 1.807) is 0 Å². The van der Waals surface area contributed by atoms with Crippen molar-refractivity contribution in [3.63, 3.8) is 0 Å². The van der Waals surface area contributed by atoms with Crippen LogP contribution in [-0.4, -0.2) is 17.0 Å². The predicted octanol–water partition coefficient (Wildman–Crippen LogP) is 2.05. The molecule has 2 aromatic heterocycles. The second-order valence-electron chi connectivity index (χ2n) is 4.05. The Balaban J connectivity index is 2.27. The maximum Gasteiger partial charge on any atom is 0.286 e. The number of nitrogens with two attached hydrogens (primary N) is 1. The molecule has 0 saturated carbocycles. The summed E-state index contributed by atoms with van der Waals surface area (Å²) in [6.45, 7) is 0.251. The van der Waals surface area contributed by atoms with Crippen LogP contribution in [0.4, 0.5) is 14.5 Å². The van der Waals surface area contributed by atoms with Crippen molar-refractivity contribution < 1.29 is 13.6 Å². The van der Waals surface area contributed by atoms with E-state index in [1.165, 1.54) is 6.20 Å². The number of amides is 1. The smallest absolute Gasteiger partial charge is 0.286 e. The van der Waals surface area contributed by atoms with Crippen LogP contribution in [-0.2, 0) is 6.54 Å². The third kappa shape index (κ3) is 3.46. The number of aromatic nitrogens is 1. The molecule has 9 heteroatoms. The van der Waals surface area contributed by atoms with Gasteiger partial charge >= 0.3 is 0 Å². The number of thiophene rings is 1. The van der Waals surface area contributed by atoms with Crippen molar-refractivity contribution in [2.24, 2.45) is 5.73 Å². The number of nitrogens with zero attached hydrogens (tertiary/aromatic N) is 1. The molecule has 2 rings (SSSR count). The van der Waals surface area contributed by atoms with E-state index in [-0.39, 0.29) is 28.0 Å². The molecule has 0 aromatic carbocycles. The SMILES string of the molecule is NCCn1cc(NC(=O)c2cc(F)c(Cl)s2)cc(F)c1=O. The first-order valence-corrected chi connectivity index (χ1v) is 6.98. The van der Waals surface area contributed by atoms with E-state index in [2.05, 4.69) is 5.32 Å². The van der Waals surface area contributed by atoms with Crippen molar-refractivity contribution in [3.05, 3.63) is 49.5 Å². The molecular formula is C12H10ClF2N3O2S. The van der Waals surface area contributed by atoms with Crippen LogP contribution in [0, 0.1) is 11.6 Å². The molecule has 0 atom stereocenters. The van der Waals surface area contributed by atoms with Crippen molar-refractivity contribution in [1.82, 2.24) is 4.57 Å². The summed E-state index contributed by atoms with van der Waals surface area (Å²) in [6.07, 6.45) is 1.27. The Kier molecular flexibility index (Phi) is 4.71. The highest BCUT2D eigenvalue weighted by Crippen LogP contribution is 2.26. The number of carbonyl (C=O) groups excluding carboxylic acids is 1. The van der Waals surface area contributed by atoms with Crippen molar-refractivity contribution in [3.8, 4) is 0 Å². The van der Waals surface area contributed by atoms with E-state index in [4.69, 9.17) is 17.3 Å². The molecule has 5 nitrogen and oxygen atoms in total. The fraction of sp³-hybridized carbons (Fsp3) is 0.167. The molecule has 0 aliphatic carbocycles. The van der Waals surface area contributed by atoms with Crippen LogP contribution in [0.15, 0.2) is 23.1 Å². The molecule has 0 aliphatic rings. The second-order valence-corrected chi connectivity index (χ2v) is 5.70. The van der Waals surface area contributed by atoms with Crippen molar-refractivity contribution >= 4 is 34.5 Å². The van der Waals surface area contributed by atoms with Gasteiger partial charge in [0.05, 0.1) is 10.6 Å². The molecule has 2 heterocycles. The molecule has 21 heavy (non-hydrogen) atoms. The van der Waals surface area contributed by atoms with Crippen LogP contribution in [0.25, 0.3) is 0 Å². The monoisotopic (exact) mass is 333 g/mol. The van der Waals surface area contributed by atoms with Crippen LogP contribution in [0.5, 0.6) is 0 Å². The van der Waals surface area contributed by atoms with Gasteiger partial charge in [-0.05, 0) is 6.07 Å². The molecule has 0 spiro atoms. The van der Waals surface area contributed by atoms with Gasteiger partial charge in [-0.25, -0.2) is 8.78 Å². The van der Waals surface area contributed by atoms with E-state index in [0.29, 0.717) is 0 Å². The number of halogens is 3. The van der Waals surface area contributed by atoms with E-state index < -0.39 is 23.1 Å². The van der Waals surface area contributed by atoms with Gasteiger partial charge in [-0.2, -0.15) is 0 Å². The number of hydrogen-bond donors (Lipinski definition) is 2. The summed E-state index contributed by atoms with van der Waals surface area (Å²) in [7, 11) is 0. The van der Waals surface area contributed by atoms with E-state index in [9.17, 15) is 18.4 Å². The molecule has 0 aliphatic heterocycles. The van der Waals surface area contributed by atoms with Gasteiger partial charge in [0.15, 0.2) is 11.6 Å². The zero-order valence-corrected chi connectivity index (χ0v) is 12.1. The molecule has 112 valence electrons. The van der Waals surface area contributed by atoms with Crippen molar-refractivity contribution in [1.29, 1.82) is 0 Å². The van der Waals surface area contributed by atoms with Crippen LogP contribution < -0.4 is 16.6 Å². The standard InChI is InChI=1S/C12H10ClF2N3O2S/c13-10-7(14)4-9(21-10)11(19)17-6-3-8(15)12(20)18(5-6)2-1-16/h3-5H,1-2,16H2,(H,17,19). The number of anilines is 1. The van der Waals surface area contributed by atoms with Crippen LogP contribution in [0.2, 0.25) is 4.34 Å². The highest BCUT2D eigenvalue weighted by atomic mass is 35.5. The molecule has 0 radical (unpaired) electrons. The van der Waals surface area contributed by atoms with E-state index in [0.717, 1.165) is 28.0 Å². The third-order valence-corrected chi connectivity index (χ3v) is 3.85. The summed E-state index contributed by atoms with van der Waals surface area (Å²) in [6, 6.07) is 1.87. The highest BCUT2D eigenvalue weighted by Gasteiger charge is 2.15. The quantitative estimate of drug-likeness (QED) is 0.899. The number of hydrogen-bond acceptors (Lipinski definition) is 4. The van der Waals surface area contributed by atoms with Gasteiger partial charge in [-0.3, -0.25) is 9.59 Å². The summed E-state index contributed by atoms with van der Waals surface area (Å²) in [4.78, 5) is 23.4. The maximum atomic E-state index is 13.5. The lowest BCUT2D eigenvalue weighted by molar-refractivity contribution is 0.103. The van der Waals surface area contributed by atoms with E-state index >= 15 is 0 Å². The average Bonchev–Trinajstić information content (AvgIpc) is 2.76. The summed E-state index contributed by atoms with van der Waals surface area (Å²) in [5.41, 5.74) is 4.55. The Morgan fingerprint density at radius 2 is 2.10 bits per heavy atom. The Bertz CT molecular complexity index is 725. The molecule has 0 unspecified atom stereocenters. The Morgan fingerprint density at radius 1 is 1.38 bits per heavy atom. The number of rotatable bonds is 4. The van der Waals surface area contributed by atoms with Crippen molar-refractivity contribution in [2.45, 2.75) is 6.54 Å². The van der Waals surface area contributed by atoms with Crippen molar-refractivity contribution in [2.75, 3.05) is 11.9 Å². The zero-order chi connectivity index (χ0) is 15.6. The lowest BCUT2D eigenvalue weighted by Crippen LogP contribution is -2.26. The summed E-state index contributed by atoms with van der Waals surface area (Å²) in [5.74, 6) is -2.37. The first kappa shape index (κ1) is 15.6.